The van der Waals surface area contributed by atoms with Crippen LogP contribution in [-0.2, 0) is 6.42 Å². The zero-order valence-electron chi connectivity index (χ0n) is 12.5. The minimum Gasteiger partial charge on any atom is -0.256 e. The third kappa shape index (κ3) is 4.80. The molecule has 0 aliphatic carbocycles. The van der Waals surface area contributed by atoms with Crippen molar-refractivity contribution < 1.29 is 0 Å². The van der Waals surface area contributed by atoms with Crippen molar-refractivity contribution in [3.05, 3.63) is 54.2 Å². The summed E-state index contributed by atoms with van der Waals surface area (Å²) in [6.45, 7) is 2.27. The number of aryl methyl sites for hydroxylation is 1. The monoisotopic (exact) mass is 267 g/mol. The standard InChI is InChI=1S/C19H25N/c1-2-3-4-5-6-7-11-17-12-10-13-18(16-17)19-14-8-9-15-20-19/h8-10,12-16H,2-7,11H2,1H3. The highest BCUT2D eigenvalue weighted by molar-refractivity contribution is 5.59. The molecule has 1 aromatic heterocycles. The van der Waals surface area contributed by atoms with Gasteiger partial charge in [-0.15, -0.1) is 0 Å². The minimum absolute atomic E-state index is 1.07. The van der Waals surface area contributed by atoms with Crippen molar-refractivity contribution in [3.8, 4) is 11.3 Å². The largest absolute Gasteiger partial charge is 0.256 e. The van der Waals surface area contributed by atoms with E-state index < -0.39 is 0 Å². The molecule has 0 aliphatic rings. The number of unbranched alkanes of at least 4 members (excludes halogenated alkanes) is 5. The van der Waals surface area contributed by atoms with E-state index in [1.54, 1.807) is 0 Å². The number of pyridine rings is 1. The number of hydrogen-bond acceptors (Lipinski definition) is 1. The van der Waals surface area contributed by atoms with E-state index in [-0.39, 0.29) is 0 Å². The van der Waals surface area contributed by atoms with Crippen molar-refractivity contribution in [2.45, 2.75) is 51.9 Å². The second-order valence-corrected chi connectivity index (χ2v) is 5.43. The van der Waals surface area contributed by atoms with Crippen LogP contribution in [0.15, 0.2) is 48.7 Å². The number of nitrogens with zero attached hydrogens (tertiary/aromatic N) is 1. The lowest BCUT2D eigenvalue weighted by atomic mass is 10.0. The number of benzene rings is 1. The van der Waals surface area contributed by atoms with Gasteiger partial charge in [-0.25, -0.2) is 0 Å². The average molecular weight is 267 g/mol. The molecular formula is C19H25N. The van der Waals surface area contributed by atoms with Gasteiger partial charge in [0, 0.05) is 11.8 Å². The highest BCUT2D eigenvalue weighted by atomic mass is 14.7. The summed E-state index contributed by atoms with van der Waals surface area (Å²) >= 11 is 0. The van der Waals surface area contributed by atoms with Gasteiger partial charge in [0.25, 0.3) is 0 Å². The Morgan fingerprint density at radius 3 is 2.50 bits per heavy atom. The zero-order valence-corrected chi connectivity index (χ0v) is 12.5. The van der Waals surface area contributed by atoms with Gasteiger partial charge in [0.2, 0.25) is 0 Å². The molecule has 0 saturated heterocycles. The lowest BCUT2D eigenvalue weighted by Gasteiger charge is -2.05. The summed E-state index contributed by atoms with van der Waals surface area (Å²) in [6.07, 6.45) is 11.2. The van der Waals surface area contributed by atoms with Crippen LogP contribution in [0, 0.1) is 0 Å². The topological polar surface area (TPSA) is 12.9 Å². The van der Waals surface area contributed by atoms with E-state index in [0.29, 0.717) is 0 Å². The summed E-state index contributed by atoms with van der Waals surface area (Å²) in [5.74, 6) is 0. The van der Waals surface area contributed by atoms with Crippen molar-refractivity contribution in [1.29, 1.82) is 0 Å². The Morgan fingerprint density at radius 1 is 0.850 bits per heavy atom. The second kappa shape index (κ2) is 8.52. The van der Waals surface area contributed by atoms with E-state index in [9.17, 15) is 0 Å². The quantitative estimate of drug-likeness (QED) is 0.563. The first-order valence-electron chi connectivity index (χ1n) is 7.90. The first-order valence-corrected chi connectivity index (χ1v) is 7.90. The molecule has 1 heterocycles. The van der Waals surface area contributed by atoms with Gasteiger partial charge in [-0.05, 0) is 36.6 Å². The van der Waals surface area contributed by atoms with Gasteiger partial charge in [0.05, 0.1) is 5.69 Å². The van der Waals surface area contributed by atoms with Crippen molar-refractivity contribution in [2.24, 2.45) is 0 Å². The van der Waals surface area contributed by atoms with Crippen LogP contribution in [0.5, 0.6) is 0 Å². The smallest absolute Gasteiger partial charge is 0.0702 e. The van der Waals surface area contributed by atoms with Crippen molar-refractivity contribution in [2.75, 3.05) is 0 Å². The maximum Gasteiger partial charge on any atom is 0.0702 e. The summed E-state index contributed by atoms with van der Waals surface area (Å²) in [7, 11) is 0. The molecule has 1 nitrogen and oxygen atoms in total. The lowest BCUT2D eigenvalue weighted by Crippen LogP contribution is -1.88. The Hall–Kier alpha value is -1.63. The Morgan fingerprint density at radius 2 is 1.70 bits per heavy atom. The van der Waals surface area contributed by atoms with Gasteiger partial charge in [0.15, 0.2) is 0 Å². The second-order valence-electron chi connectivity index (χ2n) is 5.43. The third-order valence-electron chi connectivity index (χ3n) is 3.71. The van der Waals surface area contributed by atoms with Crippen LogP contribution in [0.4, 0.5) is 0 Å². The van der Waals surface area contributed by atoms with Gasteiger partial charge in [-0.3, -0.25) is 4.98 Å². The maximum atomic E-state index is 4.42. The normalized spacial score (nSPS) is 10.7. The van der Waals surface area contributed by atoms with Gasteiger partial charge < -0.3 is 0 Å². The van der Waals surface area contributed by atoms with E-state index >= 15 is 0 Å². The summed E-state index contributed by atoms with van der Waals surface area (Å²) in [6, 6.07) is 14.9. The van der Waals surface area contributed by atoms with E-state index in [1.165, 1.54) is 56.1 Å². The van der Waals surface area contributed by atoms with E-state index in [4.69, 9.17) is 0 Å². The first-order chi connectivity index (χ1) is 9.90. The molecule has 2 rings (SSSR count). The molecule has 20 heavy (non-hydrogen) atoms. The molecule has 0 radical (unpaired) electrons. The Bertz CT molecular complexity index is 490. The Labute approximate surface area is 123 Å². The summed E-state index contributed by atoms with van der Waals surface area (Å²) < 4.78 is 0. The molecular weight excluding hydrogens is 242 g/mol. The van der Waals surface area contributed by atoms with Crippen LogP contribution in [0.25, 0.3) is 11.3 Å². The molecule has 2 aromatic rings. The fourth-order valence-electron chi connectivity index (χ4n) is 2.53. The predicted octanol–water partition coefficient (Wildman–Crippen LogP) is 5.65. The predicted molar refractivity (Wildman–Crippen MR) is 86.8 cm³/mol. The Balaban J connectivity index is 1.84. The summed E-state index contributed by atoms with van der Waals surface area (Å²) in [5, 5.41) is 0. The molecule has 0 N–H and O–H groups in total. The average Bonchev–Trinajstić information content (AvgIpc) is 2.52. The SMILES string of the molecule is CCCCCCCCc1cccc(-c2ccccn2)c1. The van der Waals surface area contributed by atoms with Gasteiger partial charge in [0.1, 0.15) is 0 Å². The van der Waals surface area contributed by atoms with Crippen molar-refractivity contribution >= 4 is 0 Å². The van der Waals surface area contributed by atoms with E-state index in [1.807, 2.05) is 18.3 Å². The van der Waals surface area contributed by atoms with E-state index in [2.05, 4.69) is 42.2 Å². The highest BCUT2D eigenvalue weighted by Gasteiger charge is 2.00. The van der Waals surface area contributed by atoms with Gasteiger partial charge in [-0.2, -0.15) is 0 Å². The number of aromatic nitrogens is 1. The molecule has 0 atom stereocenters. The molecule has 106 valence electrons. The van der Waals surface area contributed by atoms with Crippen LogP contribution < -0.4 is 0 Å². The van der Waals surface area contributed by atoms with Crippen LogP contribution in [-0.4, -0.2) is 4.98 Å². The van der Waals surface area contributed by atoms with Crippen LogP contribution in [0.3, 0.4) is 0 Å². The summed E-state index contributed by atoms with van der Waals surface area (Å²) in [4.78, 5) is 4.42. The molecule has 1 aromatic carbocycles. The molecule has 0 unspecified atom stereocenters. The molecule has 0 saturated carbocycles. The van der Waals surface area contributed by atoms with Crippen LogP contribution >= 0.6 is 0 Å². The first kappa shape index (κ1) is 14.8. The molecule has 0 aliphatic heterocycles. The fourth-order valence-corrected chi connectivity index (χ4v) is 2.53. The molecule has 0 fully saturated rings. The third-order valence-corrected chi connectivity index (χ3v) is 3.71. The fraction of sp³-hybridized carbons (Fsp3) is 0.421. The van der Waals surface area contributed by atoms with Gasteiger partial charge in [-0.1, -0.05) is 63.3 Å². The molecule has 0 spiro atoms. The van der Waals surface area contributed by atoms with Crippen molar-refractivity contribution in [3.63, 3.8) is 0 Å². The zero-order chi connectivity index (χ0) is 14.0. The molecule has 1 heteroatoms. The van der Waals surface area contributed by atoms with E-state index in [0.717, 1.165) is 5.69 Å². The number of hydrogen-bond donors (Lipinski definition) is 0. The highest BCUT2D eigenvalue weighted by Crippen LogP contribution is 2.19. The maximum absolute atomic E-state index is 4.42. The van der Waals surface area contributed by atoms with Crippen LogP contribution in [0.1, 0.15) is 51.0 Å². The molecule has 0 amide bonds. The van der Waals surface area contributed by atoms with Gasteiger partial charge >= 0.3 is 0 Å². The van der Waals surface area contributed by atoms with Crippen LogP contribution in [0.2, 0.25) is 0 Å². The lowest BCUT2D eigenvalue weighted by molar-refractivity contribution is 0.607. The number of rotatable bonds is 8. The Kier molecular flexibility index (Phi) is 6.30. The van der Waals surface area contributed by atoms with Crippen molar-refractivity contribution in [1.82, 2.24) is 4.98 Å². The summed E-state index contributed by atoms with van der Waals surface area (Å²) in [5.41, 5.74) is 3.73. The molecule has 0 bridgehead atoms. The minimum atomic E-state index is 1.07.